The molecule has 1 aliphatic carbocycles. The van der Waals surface area contributed by atoms with Crippen LogP contribution in [0.15, 0.2) is 18.2 Å². The molecular formula is C23H33ClN6O3S. The van der Waals surface area contributed by atoms with Crippen LogP contribution in [0.4, 0.5) is 17.5 Å². The standard InChI is InChI=1S/C19H23ClN6OS.C4H10O2/c1-26(2)12-5-6-13-14(8-12)28-18(23-13)15-16(20)24-19(21)25-17(15)22-11-4-3-10(7-11)9-27;1-3-4(2,5)6/h5-6,8,10-11,27H,3-4,7,9H2,1-2H3,(H3,21,22,24,25);5-6H,3H2,1-2H3. The van der Waals surface area contributed by atoms with Crippen LogP contribution >= 0.6 is 22.9 Å². The monoisotopic (exact) mass is 508 g/mol. The van der Waals surface area contributed by atoms with E-state index < -0.39 is 5.79 Å². The molecule has 4 rings (SSSR count). The first-order chi connectivity index (χ1) is 16.0. The van der Waals surface area contributed by atoms with Crippen molar-refractivity contribution < 1.29 is 15.3 Å². The molecule has 1 fully saturated rings. The average Bonchev–Trinajstić information content (AvgIpc) is 3.39. The largest absolute Gasteiger partial charge is 0.396 e. The second kappa shape index (κ2) is 11.0. The second-order valence-electron chi connectivity index (χ2n) is 8.94. The molecule has 9 nitrogen and oxygen atoms in total. The number of nitrogens with two attached hydrogens (primary N) is 1. The van der Waals surface area contributed by atoms with Crippen LogP contribution < -0.4 is 16.0 Å². The number of nitrogens with one attached hydrogen (secondary N) is 1. The van der Waals surface area contributed by atoms with Crippen LogP contribution in [0.2, 0.25) is 5.15 Å². The number of benzene rings is 1. The zero-order valence-electron chi connectivity index (χ0n) is 19.9. The Bertz CT molecular complexity index is 1120. The molecule has 34 heavy (non-hydrogen) atoms. The number of rotatable bonds is 6. The molecule has 2 unspecified atom stereocenters. The van der Waals surface area contributed by atoms with Crippen LogP contribution in [0.5, 0.6) is 0 Å². The van der Waals surface area contributed by atoms with Gasteiger partial charge in [0.2, 0.25) is 5.95 Å². The molecule has 0 bridgehead atoms. The van der Waals surface area contributed by atoms with Crippen molar-refractivity contribution in [1.82, 2.24) is 15.0 Å². The Labute approximate surface area is 208 Å². The number of halogens is 1. The summed E-state index contributed by atoms with van der Waals surface area (Å²) in [4.78, 5) is 15.4. The normalized spacial score (nSPS) is 18.0. The summed E-state index contributed by atoms with van der Waals surface area (Å²) in [7, 11) is 4.02. The molecule has 1 aliphatic rings. The lowest BCUT2D eigenvalue weighted by Crippen LogP contribution is -2.20. The minimum absolute atomic E-state index is 0.129. The highest BCUT2D eigenvalue weighted by atomic mass is 35.5. The molecule has 0 saturated heterocycles. The van der Waals surface area contributed by atoms with Crippen LogP contribution in [0.25, 0.3) is 20.8 Å². The van der Waals surface area contributed by atoms with E-state index in [1.54, 1.807) is 18.3 Å². The van der Waals surface area contributed by atoms with Gasteiger partial charge in [0.25, 0.3) is 0 Å². The third-order valence-corrected chi connectivity index (χ3v) is 7.10. The number of fused-ring (bicyclic) bond motifs is 1. The van der Waals surface area contributed by atoms with E-state index in [1.165, 1.54) is 6.92 Å². The Kier molecular flexibility index (Phi) is 8.53. The molecule has 3 aromatic rings. The molecule has 6 N–H and O–H groups in total. The van der Waals surface area contributed by atoms with Crippen molar-refractivity contribution in [2.45, 2.75) is 51.4 Å². The minimum atomic E-state index is -1.46. The summed E-state index contributed by atoms with van der Waals surface area (Å²) >= 11 is 8.02. The summed E-state index contributed by atoms with van der Waals surface area (Å²) < 4.78 is 1.07. The van der Waals surface area contributed by atoms with Crippen molar-refractivity contribution >= 4 is 50.6 Å². The van der Waals surface area contributed by atoms with Crippen molar-refractivity contribution in [2.24, 2.45) is 5.92 Å². The highest BCUT2D eigenvalue weighted by molar-refractivity contribution is 7.21. The lowest BCUT2D eigenvalue weighted by atomic mass is 10.1. The summed E-state index contributed by atoms with van der Waals surface area (Å²) in [6, 6.07) is 6.38. The SMILES string of the molecule is CCC(C)(O)O.CN(C)c1ccc2nc(-c3c(Cl)nc(N)nc3NC3CCC(CO)C3)sc2c1. The molecule has 11 heteroatoms. The summed E-state index contributed by atoms with van der Waals surface area (Å²) in [5, 5.41) is 30.7. The van der Waals surface area contributed by atoms with E-state index in [9.17, 15) is 5.11 Å². The number of nitrogen functional groups attached to an aromatic ring is 1. The lowest BCUT2D eigenvalue weighted by molar-refractivity contribution is -0.145. The number of nitrogens with zero attached hydrogens (tertiary/aromatic N) is 4. The number of aliphatic hydroxyl groups is 3. The minimum Gasteiger partial charge on any atom is -0.396 e. The summed E-state index contributed by atoms with van der Waals surface area (Å²) in [5.74, 6) is -0.403. The number of aromatic nitrogens is 3. The average molecular weight is 509 g/mol. The smallest absolute Gasteiger partial charge is 0.223 e. The molecule has 1 aromatic carbocycles. The molecule has 2 aromatic heterocycles. The van der Waals surface area contributed by atoms with Crippen molar-refractivity contribution in [3.63, 3.8) is 0 Å². The van der Waals surface area contributed by atoms with Crippen LogP contribution in [0, 0.1) is 5.92 Å². The maximum Gasteiger partial charge on any atom is 0.223 e. The van der Waals surface area contributed by atoms with Crippen LogP contribution in [-0.2, 0) is 0 Å². The van der Waals surface area contributed by atoms with Crippen molar-refractivity contribution in [3.05, 3.63) is 23.4 Å². The maximum absolute atomic E-state index is 9.41. The van der Waals surface area contributed by atoms with Crippen molar-refractivity contribution in [1.29, 1.82) is 0 Å². The topological polar surface area (TPSA) is 141 Å². The summed E-state index contributed by atoms with van der Waals surface area (Å²) in [6.07, 6.45) is 3.24. The molecule has 0 spiro atoms. The van der Waals surface area contributed by atoms with E-state index in [0.29, 0.717) is 28.9 Å². The quantitative estimate of drug-likeness (QED) is 0.249. The number of hydrogen-bond donors (Lipinski definition) is 5. The van der Waals surface area contributed by atoms with Gasteiger partial charge in [-0.1, -0.05) is 18.5 Å². The Morgan fingerprint density at radius 2 is 1.94 bits per heavy atom. The molecule has 0 aliphatic heterocycles. The predicted octanol–water partition coefficient (Wildman–Crippen LogP) is 3.73. The van der Waals surface area contributed by atoms with Gasteiger partial charge in [-0.2, -0.15) is 4.98 Å². The molecule has 0 radical (unpaired) electrons. The fourth-order valence-corrected chi connectivity index (χ4v) is 4.97. The molecular weight excluding hydrogens is 476 g/mol. The summed E-state index contributed by atoms with van der Waals surface area (Å²) in [6.45, 7) is 3.27. The third-order valence-electron chi connectivity index (χ3n) is 5.79. The fraction of sp³-hybridized carbons (Fsp3) is 0.522. The van der Waals surface area contributed by atoms with Gasteiger partial charge in [0.1, 0.15) is 16.0 Å². The molecule has 0 amide bonds. The zero-order chi connectivity index (χ0) is 25.0. The highest BCUT2D eigenvalue weighted by Gasteiger charge is 2.27. The number of aliphatic hydroxyl groups excluding tert-OH is 1. The highest BCUT2D eigenvalue weighted by Crippen LogP contribution is 2.40. The Morgan fingerprint density at radius 1 is 1.24 bits per heavy atom. The predicted molar refractivity (Wildman–Crippen MR) is 139 cm³/mol. The van der Waals surface area contributed by atoms with Gasteiger partial charge >= 0.3 is 0 Å². The third kappa shape index (κ3) is 6.67. The van der Waals surface area contributed by atoms with Crippen molar-refractivity contribution in [2.75, 3.05) is 36.7 Å². The number of thiazole rings is 1. The van der Waals surface area contributed by atoms with Gasteiger partial charge in [0.05, 0.1) is 15.8 Å². The number of anilines is 3. The first kappa shape index (κ1) is 26.4. The Balaban J connectivity index is 0.000000481. The van der Waals surface area contributed by atoms with Gasteiger partial charge in [-0.25, -0.2) is 9.97 Å². The Morgan fingerprint density at radius 3 is 2.53 bits per heavy atom. The number of hydrogen-bond acceptors (Lipinski definition) is 10. The van der Waals surface area contributed by atoms with Crippen LogP contribution in [0.1, 0.15) is 39.5 Å². The van der Waals surface area contributed by atoms with E-state index in [2.05, 4.69) is 26.3 Å². The molecule has 2 heterocycles. The van der Waals surface area contributed by atoms with Crippen LogP contribution in [-0.4, -0.2) is 62.8 Å². The summed E-state index contributed by atoms with van der Waals surface area (Å²) in [5.41, 5.74) is 8.55. The van der Waals surface area contributed by atoms with Gasteiger partial charge in [0, 0.05) is 32.4 Å². The second-order valence-corrected chi connectivity index (χ2v) is 10.3. The zero-order valence-corrected chi connectivity index (χ0v) is 21.5. The van der Waals surface area contributed by atoms with Crippen LogP contribution in [0.3, 0.4) is 0 Å². The van der Waals surface area contributed by atoms with E-state index >= 15 is 0 Å². The molecule has 186 valence electrons. The first-order valence-corrected chi connectivity index (χ1v) is 12.4. The van der Waals surface area contributed by atoms with Gasteiger partial charge < -0.3 is 31.3 Å². The first-order valence-electron chi connectivity index (χ1n) is 11.2. The van der Waals surface area contributed by atoms with Gasteiger partial charge in [-0.15, -0.1) is 11.3 Å². The van der Waals surface area contributed by atoms with E-state index in [4.69, 9.17) is 32.5 Å². The van der Waals surface area contributed by atoms with Crippen molar-refractivity contribution in [3.8, 4) is 10.6 Å². The van der Waals surface area contributed by atoms with E-state index in [0.717, 1.165) is 40.2 Å². The van der Waals surface area contributed by atoms with Gasteiger partial charge in [-0.3, -0.25) is 0 Å². The Hall–Kier alpha value is -2.24. The van der Waals surface area contributed by atoms with E-state index in [1.807, 2.05) is 26.2 Å². The molecule has 2 atom stereocenters. The van der Waals surface area contributed by atoms with Gasteiger partial charge in [-0.05, 0) is 56.7 Å². The van der Waals surface area contributed by atoms with Gasteiger partial charge in [0.15, 0.2) is 5.79 Å². The van der Waals surface area contributed by atoms with E-state index in [-0.39, 0.29) is 18.6 Å². The lowest BCUT2D eigenvalue weighted by Gasteiger charge is -2.16. The fourth-order valence-electron chi connectivity index (χ4n) is 3.61. The maximum atomic E-state index is 9.41. The molecule has 1 saturated carbocycles.